The van der Waals surface area contributed by atoms with E-state index in [0.29, 0.717) is 11.4 Å². The Labute approximate surface area is 118 Å². The van der Waals surface area contributed by atoms with Gasteiger partial charge in [-0.15, -0.1) is 10.2 Å². The molecule has 1 amide bonds. The summed E-state index contributed by atoms with van der Waals surface area (Å²) in [6.07, 6.45) is 3.33. The van der Waals surface area contributed by atoms with Crippen LogP contribution in [0.2, 0.25) is 0 Å². The first-order chi connectivity index (χ1) is 10.3. The van der Waals surface area contributed by atoms with Crippen LogP contribution in [-0.2, 0) is 0 Å². The number of pyridine rings is 1. The summed E-state index contributed by atoms with van der Waals surface area (Å²) in [5.41, 5.74) is 2.57. The molecule has 0 fully saturated rings. The highest BCUT2D eigenvalue weighted by Crippen LogP contribution is 2.17. The maximum Gasteiger partial charge on any atom is 0.276 e. The van der Waals surface area contributed by atoms with Crippen LogP contribution in [0.4, 0.5) is 5.69 Å². The molecule has 102 valence electrons. The molecule has 7 heteroatoms. The van der Waals surface area contributed by atoms with Crippen LogP contribution in [0.1, 0.15) is 10.5 Å². The summed E-state index contributed by atoms with van der Waals surface area (Å²) in [5, 5.41) is 18.2. The van der Waals surface area contributed by atoms with Crippen molar-refractivity contribution in [3.05, 3.63) is 54.6 Å². The van der Waals surface area contributed by atoms with Crippen molar-refractivity contribution in [3.8, 4) is 0 Å². The first kappa shape index (κ1) is 11.6. The molecule has 0 unspecified atom stereocenters. The Hall–Kier alpha value is -3.22. The van der Waals surface area contributed by atoms with Crippen LogP contribution in [0.25, 0.3) is 16.6 Å². The molecule has 7 nitrogen and oxygen atoms in total. The van der Waals surface area contributed by atoms with Gasteiger partial charge in [0.05, 0.1) is 11.2 Å². The quantitative estimate of drug-likeness (QED) is 0.585. The van der Waals surface area contributed by atoms with Crippen LogP contribution < -0.4 is 5.32 Å². The van der Waals surface area contributed by atoms with Gasteiger partial charge in [-0.05, 0) is 18.2 Å². The third kappa shape index (κ3) is 1.91. The molecule has 3 aromatic heterocycles. The maximum absolute atomic E-state index is 12.3. The highest BCUT2D eigenvalue weighted by molar-refractivity contribution is 6.11. The Morgan fingerprint density at radius 2 is 2.10 bits per heavy atom. The first-order valence-corrected chi connectivity index (χ1v) is 6.35. The molecule has 0 aliphatic heterocycles. The van der Waals surface area contributed by atoms with E-state index in [4.69, 9.17) is 0 Å². The summed E-state index contributed by atoms with van der Waals surface area (Å²) in [6.45, 7) is 0. The molecule has 0 spiro atoms. The maximum atomic E-state index is 12.3. The van der Waals surface area contributed by atoms with Crippen molar-refractivity contribution < 1.29 is 4.79 Å². The van der Waals surface area contributed by atoms with Gasteiger partial charge < -0.3 is 5.32 Å². The summed E-state index contributed by atoms with van der Waals surface area (Å²) in [5.74, 6) is -0.264. The van der Waals surface area contributed by atoms with Crippen LogP contribution in [0.3, 0.4) is 0 Å². The molecule has 0 saturated carbocycles. The Morgan fingerprint density at radius 1 is 1.19 bits per heavy atom. The average Bonchev–Trinajstić information content (AvgIpc) is 3.13. The van der Waals surface area contributed by atoms with Gasteiger partial charge in [0.15, 0.2) is 11.3 Å². The fraction of sp³-hybridized carbons (Fsp3) is 0. The number of anilines is 1. The second-order valence-corrected chi connectivity index (χ2v) is 4.59. The molecule has 0 aliphatic carbocycles. The van der Waals surface area contributed by atoms with E-state index in [9.17, 15) is 4.79 Å². The topological polar surface area (TPSA) is 88.0 Å². The highest BCUT2D eigenvalue weighted by Gasteiger charge is 2.14. The number of nitrogens with one attached hydrogen (secondary N) is 2. The van der Waals surface area contributed by atoms with Crippen molar-refractivity contribution in [2.45, 2.75) is 0 Å². The minimum Gasteiger partial charge on any atom is -0.319 e. The lowest BCUT2D eigenvalue weighted by atomic mass is 10.2. The molecule has 4 rings (SSSR count). The minimum absolute atomic E-state index is 0.264. The lowest BCUT2D eigenvalue weighted by Crippen LogP contribution is -2.13. The fourth-order valence-electron chi connectivity index (χ4n) is 2.23. The van der Waals surface area contributed by atoms with Crippen molar-refractivity contribution in [2.24, 2.45) is 0 Å². The molecule has 4 aromatic rings. The van der Waals surface area contributed by atoms with Gasteiger partial charge in [0.25, 0.3) is 5.91 Å². The zero-order valence-corrected chi connectivity index (χ0v) is 10.8. The normalized spacial score (nSPS) is 11.0. The van der Waals surface area contributed by atoms with Crippen LogP contribution in [0.5, 0.6) is 0 Å². The van der Waals surface area contributed by atoms with E-state index in [1.807, 2.05) is 24.3 Å². The van der Waals surface area contributed by atoms with Gasteiger partial charge in [-0.3, -0.25) is 14.3 Å². The van der Waals surface area contributed by atoms with Crippen LogP contribution in [-0.4, -0.2) is 30.7 Å². The van der Waals surface area contributed by atoms with Gasteiger partial charge in [-0.1, -0.05) is 18.2 Å². The first-order valence-electron chi connectivity index (χ1n) is 6.35. The van der Waals surface area contributed by atoms with Crippen LogP contribution >= 0.6 is 0 Å². The number of carbonyl (C=O) groups excluding carboxylic acids is 1. The van der Waals surface area contributed by atoms with E-state index in [2.05, 4.69) is 25.7 Å². The molecule has 0 aliphatic rings. The monoisotopic (exact) mass is 278 g/mol. The largest absolute Gasteiger partial charge is 0.319 e. The molecule has 0 atom stereocenters. The van der Waals surface area contributed by atoms with Crippen molar-refractivity contribution >= 4 is 28.1 Å². The van der Waals surface area contributed by atoms with Gasteiger partial charge in [-0.25, -0.2) is 0 Å². The van der Waals surface area contributed by atoms with Crippen LogP contribution in [0.15, 0.2) is 48.9 Å². The van der Waals surface area contributed by atoms with Crippen LogP contribution in [0, 0.1) is 0 Å². The van der Waals surface area contributed by atoms with Gasteiger partial charge in [0.1, 0.15) is 6.33 Å². The molecule has 0 radical (unpaired) electrons. The predicted octanol–water partition coefficient (Wildman–Crippen LogP) is 1.86. The minimum atomic E-state index is -0.264. The molecular weight excluding hydrogens is 268 g/mol. The number of H-pyrrole nitrogens is 1. The Bertz CT molecular complexity index is 954. The molecule has 0 saturated heterocycles. The molecule has 21 heavy (non-hydrogen) atoms. The van der Waals surface area contributed by atoms with E-state index in [1.165, 1.54) is 0 Å². The third-order valence-electron chi connectivity index (χ3n) is 3.23. The fourth-order valence-corrected chi connectivity index (χ4v) is 2.23. The number of benzene rings is 1. The predicted molar refractivity (Wildman–Crippen MR) is 77.0 cm³/mol. The van der Waals surface area contributed by atoms with Gasteiger partial charge >= 0.3 is 0 Å². The highest BCUT2D eigenvalue weighted by atomic mass is 16.1. The Morgan fingerprint density at radius 3 is 3.05 bits per heavy atom. The summed E-state index contributed by atoms with van der Waals surface area (Å²) in [7, 11) is 0. The standard InChI is InChI=1S/C14H10N6O/c21-14(13-10-3-1-2-4-11(10)17-19-13)16-9-5-6-12-18-15-8-20(12)7-9/h1-8H,(H,16,21)(H,17,19). The lowest BCUT2D eigenvalue weighted by Gasteiger charge is -2.03. The summed E-state index contributed by atoms with van der Waals surface area (Å²) in [4.78, 5) is 12.3. The van der Waals surface area contributed by atoms with E-state index < -0.39 is 0 Å². The zero-order valence-electron chi connectivity index (χ0n) is 10.8. The van der Waals surface area contributed by atoms with Gasteiger partial charge in [0, 0.05) is 11.6 Å². The molecule has 0 bridgehead atoms. The second kappa shape index (κ2) is 4.41. The number of hydrogen-bond donors (Lipinski definition) is 2. The smallest absolute Gasteiger partial charge is 0.276 e. The van der Waals surface area contributed by atoms with Crippen molar-refractivity contribution in [1.29, 1.82) is 0 Å². The number of fused-ring (bicyclic) bond motifs is 2. The number of hydrogen-bond acceptors (Lipinski definition) is 4. The number of rotatable bonds is 2. The molecule has 2 N–H and O–H groups in total. The van der Waals surface area contributed by atoms with E-state index in [1.54, 1.807) is 29.1 Å². The van der Waals surface area contributed by atoms with Crippen molar-refractivity contribution in [3.63, 3.8) is 0 Å². The average molecular weight is 278 g/mol. The summed E-state index contributed by atoms with van der Waals surface area (Å²) >= 11 is 0. The third-order valence-corrected chi connectivity index (χ3v) is 3.23. The number of aromatic amines is 1. The molecule has 1 aromatic carbocycles. The second-order valence-electron chi connectivity index (χ2n) is 4.59. The number of para-hydroxylation sites is 1. The zero-order chi connectivity index (χ0) is 14.2. The SMILES string of the molecule is O=C(Nc1ccc2nncn2c1)c1n[nH]c2ccccc12. The number of amides is 1. The molecular formula is C14H10N6O. The Balaban J connectivity index is 1.68. The molecule has 3 heterocycles. The number of aromatic nitrogens is 5. The number of nitrogens with zero attached hydrogens (tertiary/aromatic N) is 4. The van der Waals surface area contributed by atoms with Crippen molar-refractivity contribution in [2.75, 3.05) is 5.32 Å². The lowest BCUT2D eigenvalue weighted by molar-refractivity contribution is 0.102. The van der Waals surface area contributed by atoms with Crippen molar-refractivity contribution in [1.82, 2.24) is 24.8 Å². The van der Waals surface area contributed by atoms with Gasteiger partial charge in [-0.2, -0.15) is 5.10 Å². The summed E-state index contributed by atoms with van der Waals surface area (Å²) < 4.78 is 1.73. The van der Waals surface area contributed by atoms with Gasteiger partial charge in [0.2, 0.25) is 0 Å². The summed E-state index contributed by atoms with van der Waals surface area (Å²) in [6, 6.07) is 11.1. The van der Waals surface area contributed by atoms with E-state index in [0.717, 1.165) is 16.6 Å². The van der Waals surface area contributed by atoms with E-state index >= 15 is 0 Å². The van der Waals surface area contributed by atoms with E-state index in [-0.39, 0.29) is 5.91 Å². The number of carbonyl (C=O) groups is 1. The Kier molecular flexibility index (Phi) is 2.43.